The molecular formula is C17H18ClN3. The van der Waals surface area contributed by atoms with E-state index in [9.17, 15) is 0 Å². The number of para-hydroxylation sites is 1. The summed E-state index contributed by atoms with van der Waals surface area (Å²) in [5, 5.41) is 5.46. The molecule has 0 radical (unpaired) electrons. The average Bonchev–Trinajstić information content (AvgIpc) is 2.92. The third-order valence-corrected chi connectivity index (χ3v) is 3.84. The first kappa shape index (κ1) is 13.8. The van der Waals surface area contributed by atoms with E-state index in [1.807, 2.05) is 37.3 Å². The number of hydrogen-bond acceptors (Lipinski definition) is 2. The maximum absolute atomic E-state index is 6.28. The molecule has 2 N–H and O–H groups in total. The van der Waals surface area contributed by atoms with Gasteiger partial charge in [-0.2, -0.15) is 0 Å². The summed E-state index contributed by atoms with van der Waals surface area (Å²) in [6.07, 6.45) is 1.96. The van der Waals surface area contributed by atoms with Crippen molar-refractivity contribution in [2.75, 3.05) is 24.3 Å². The highest BCUT2D eigenvalue weighted by atomic mass is 35.5. The van der Waals surface area contributed by atoms with Gasteiger partial charge in [0.2, 0.25) is 0 Å². The average molecular weight is 300 g/mol. The maximum atomic E-state index is 6.28. The Balaban J connectivity index is 1.82. The van der Waals surface area contributed by atoms with Gasteiger partial charge in [-0.3, -0.25) is 0 Å². The smallest absolute Gasteiger partial charge is 0.0786 e. The molecule has 0 bridgehead atoms. The van der Waals surface area contributed by atoms with E-state index in [1.165, 1.54) is 10.9 Å². The molecule has 0 atom stereocenters. The summed E-state index contributed by atoms with van der Waals surface area (Å²) < 4.78 is 0. The molecule has 3 rings (SSSR count). The summed E-state index contributed by atoms with van der Waals surface area (Å²) in [5.41, 5.74) is 4.46. The van der Waals surface area contributed by atoms with Crippen molar-refractivity contribution in [2.24, 2.45) is 0 Å². The van der Waals surface area contributed by atoms with Gasteiger partial charge in [0.1, 0.15) is 0 Å². The monoisotopic (exact) mass is 299 g/mol. The normalized spacial score (nSPS) is 10.8. The topological polar surface area (TPSA) is 31.1 Å². The van der Waals surface area contributed by atoms with Gasteiger partial charge in [0.25, 0.3) is 0 Å². The van der Waals surface area contributed by atoms with Gasteiger partial charge in [0.15, 0.2) is 0 Å². The lowest BCUT2D eigenvalue weighted by Crippen LogP contribution is -2.12. The van der Waals surface area contributed by atoms with E-state index < -0.39 is 0 Å². The van der Waals surface area contributed by atoms with Gasteiger partial charge in [-0.15, -0.1) is 0 Å². The molecule has 1 heterocycles. The van der Waals surface area contributed by atoms with Crippen LogP contribution in [0.25, 0.3) is 10.9 Å². The molecule has 21 heavy (non-hydrogen) atoms. The lowest BCUT2D eigenvalue weighted by molar-refractivity contribution is 1.10. The summed E-state index contributed by atoms with van der Waals surface area (Å²) in [7, 11) is 4.00. The van der Waals surface area contributed by atoms with Crippen LogP contribution in [0.15, 0.2) is 48.7 Å². The minimum Gasteiger partial charge on any atom is -0.379 e. The summed E-state index contributed by atoms with van der Waals surface area (Å²) in [5.74, 6) is 0. The van der Waals surface area contributed by atoms with E-state index in [4.69, 9.17) is 11.6 Å². The molecule has 108 valence electrons. The Morgan fingerprint density at radius 3 is 2.81 bits per heavy atom. The molecule has 0 aliphatic carbocycles. The Morgan fingerprint density at radius 1 is 1.14 bits per heavy atom. The van der Waals surface area contributed by atoms with Gasteiger partial charge in [-0.1, -0.05) is 23.7 Å². The molecule has 4 heteroatoms. The fourth-order valence-corrected chi connectivity index (χ4v) is 2.87. The number of hydrogen-bond donors (Lipinski definition) is 2. The van der Waals surface area contributed by atoms with Crippen molar-refractivity contribution >= 4 is 33.9 Å². The minimum atomic E-state index is 0.756. The molecule has 0 unspecified atom stereocenters. The van der Waals surface area contributed by atoms with Gasteiger partial charge in [-0.05, 0) is 41.3 Å². The number of fused-ring (bicyclic) bond motifs is 1. The van der Waals surface area contributed by atoms with Crippen molar-refractivity contribution in [3.05, 3.63) is 59.2 Å². The fraction of sp³-hybridized carbons (Fsp3) is 0.176. The summed E-state index contributed by atoms with van der Waals surface area (Å²) >= 11 is 6.28. The highest BCUT2D eigenvalue weighted by Gasteiger charge is 2.08. The van der Waals surface area contributed by atoms with Crippen LogP contribution in [-0.4, -0.2) is 19.1 Å². The van der Waals surface area contributed by atoms with Gasteiger partial charge < -0.3 is 15.2 Å². The molecule has 0 aliphatic heterocycles. The van der Waals surface area contributed by atoms with E-state index in [-0.39, 0.29) is 0 Å². The standard InChI is InChI=1S/C17H18ClN3/c1-21(2)17-14(18)4-3-5-16(17)20-11-12-6-7-15-13(10-12)8-9-19-15/h3-10,19-20H,11H2,1-2H3. The Hall–Kier alpha value is -2.13. The van der Waals surface area contributed by atoms with E-state index in [1.54, 1.807) is 0 Å². The lowest BCUT2D eigenvalue weighted by Gasteiger charge is -2.20. The first-order chi connectivity index (χ1) is 10.1. The number of aromatic amines is 1. The van der Waals surface area contributed by atoms with Crippen LogP contribution in [0, 0.1) is 0 Å². The largest absolute Gasteiger partial charge is 0.379 e. The SMILES string of the molecule is CN(C)c1c(Cl)cccc1NCc1ccc2[nH]ccc2c1. The van der Waals surface area contributed by atoms with Crippen LogP contribution in [0.4, 0.5) is 11.4 Å². The molecular weight excluding hydrogens is 282 g/mol. The zero-order chi connectivity index (χ0) is 14.8. The first-order valence-corrected chi connectivity index (χ1v) is 7.28. The van der Waals surface area contributed by atoms with Gasteiger partial charge in [-0.25, -0.2) is 0 Å². The van der Waals surface area contributed by atoms with Crippen LogP contribution in [0.5, 0.6) is 0 Å². The zero-order valence-corrected chi connectivity index (χ0v) is 12.9. The van der Waals surface area contributed by atoms with E-state index >= 15 is 0 Å². The number of nitrogens with zero attached hydrogens (tertiary/aromatic N) is 1. The molecule has 1 aromatic heterocycles. The molecule has 3 aromatic rings. The van der Waals surface area contributed by atoms with Crippen molar-refractivity contribution < 1.29 is 0 Å². The molecule has 2 aromatic carbocycles. The molecule has 3 nitrogen and oxygen atoms in total. The number of rotatable bonds is 4. The van der Waals surface area contributed by atoms with E-state index in [2.05, 4.69) is 40.6 Å². The van der Waals surface area contributed by atoms with Crippen LogP contribution >= 0.6 is 11.6 Å². The van der Waals surface area contributed by atoms with E-state index in [0.717, 1.165) is 28.5 Å². The number of halogens is 1. The number of nitrogens with one attached hydrogen (secondary N) is 2. The second-order valence-electron chi connectivity index (χ2n) is 5.28. The third-order valence-electron chi connectivity index (χ3n) is 3.53. The zero-order valence-electron chi connectivity index (χ0n) is 12.2. The third kappa shape index (κ3) is 2.83. The van der Waals surface area contributed by atoms with E-state index in [0.29, 0.717) is 0 Å². The van der Waals surface area contributed by atoms with Crippen LogP contribution in [0.2, 0.25) is 5.02 Å². The minimum absolute atomic E-state index is 0.756. The fourth-order valence-electron chi connectivity index (χ4n) is 2.52. The summed E-state index contributed by atoms with van der Waals surface area (Å²) in [4.78, 5) is 5.24. The van der Waals surface area contributed by atoms with Crippen LogP contribution in [0.3, 0.4) is 0 Å². The van der Waals surface area contributed by atoms with Crippen molar-refractivity contribution in [2.45, 2.75) is 6.54 Å². The highest BCUT2D eigenvalue weighted by Crippen LogP contribution is 2.32. The van der Waals surface area contributed by atoms with Crippen molar-refractivity contribution in [1.29, 1.82) is 0 Å². The number of anilines is 2. The number of H-pyrrole nitrogens is 1. The van der Waals surface area contributed by atoms with Crippen LogP contribution in [-0.2, 0) is 6.54 Å². The maximum Gasteiger partial charge on any atom is 0.0786 e. The predicted molar refractivity (Wildman–Crippen MR) is 91.4 cm³/mol. The van der Waals surface area contributed by atoms with Gasteiger partial charge in [0, 0.05) is 32.4 Å². The Morgan fingerprint density at radius 2 is 2.00 bits per heavy atom. The molecule has 0 aliphatic rings. The van der Waals surface area contributed by atoms with Crippen LogP contribution in [0.1, 0.15) is 5.56 Å². The highest BCUT2D eigenvalue weighted by molar-refractivity contribution is 6.34. The molecule has 0 saturated heterocycles. The summed E-state index contributed by atoms with van der Waals surface area (Å²) in [6.45, 7) is 0.766. The molecule has 0 spiro atoms. The lowest BCUT2D eigenvalue weighted by atomic mass is 10.1. The number of benzene rings is 2. The van der Waals surface area contributed by atoms with Crippen molar-refractivity contribution in [3.63, 3.8) is 0 Å². The molecule has 0 amide bonds. The van der Waals surface area contributed by atoms with Gasteiger partial charge in [0.05, 0.1) is 16.4 Å². The Bertz CT molecular complexity index is 762. The quantitative estimate of drug-likeness (QED) is 0.743. The van der Waals surface area contributed by atoms with Crippen molar-refractivity contribution in [3.8, 4) is 0 Å². The van der Waals surface area contributed by atoms with Crippen molar-refractivity contribution in [1.82, 2.24) is 4.98 Å². The molecule has 0 fully saturated rings. The second kappa shape index (κ2) is 5.70. The van der Waals surface area contributed by atoms with Gasteiger partial charge >= 0.3 is 0 Å². The molecule has 0 saturated carbocycles. The first-order valence-electron chi connectivity index (χ1n) is 6.91. The Labute approximate surface area is 129 Å². The second-order valence-corrected chi connectivity index (χ2v) is 5.69. The predicted octanol–water partition coefficient (Wildman–Crippen LogP) is 4.50. The van der Waals surface area contributed by atoms with Crippen LogP contribution < -0.4 is 10.2 Å². The number of aromatic nitrogens is 1. The Kier molecular flexibility index (Phi) is 3.76. The summed E-state index contributed by atoms with van der Waals surface area (Å²) in [6, 6.07) is 14.4.